The molecule has 2 aromatic carbocycles. The van der Waals surface area contributed by atoms with Crippen LogP contribution in [0.15, 0.2) is 46.9 Å². The predicted octanol–water partition coefficient (Wildman–Crippen LogP) is 4.66. The zero-order chi connectivity index (χ0) is 18.0. The normalized spacial score (nSPS) is 16.1. The summed E-state index contributed by atoms with van der Waals surface area (Å²) < 4.78 is 0.861. The molecule has 0 aromatic heterocycles. The van der Waals surface area contributed by atoms with Gasteiger partial charge in [0.15, 0.2) is 0 Å². The Labute approximate surface area is 160 Å². The van der Waals surface area contributed by atoms with Gasteiger partial charge >= 0.3 is 0 Å². The van der Waals surface area contributed by atoms with Crippen molar-refractivity contribution in [1.29, 1.82) is 0 Å². The average Bonchev–Trinajstić information content (AvgIpc) is 2.59. The number of amides is 2. The fourth-order valence-electron chi connectivity index (χ4n) is 3.00. The molecular formula is C19H18BrClN2O2. The minimum absolute atomic E-state index is 0.0178. The van der Waals surface area contributed by atoms with Crippen molar-refractivity contribution in [3.63, 3.8) is 0 Å². The molecule has 2 amide bonds. The molecule has 1 N–H and O–H groups in total. The van der Waals surface area contributed by atoms with E-state index in [1.807, 2.05) is 30.3 Å². The van der Waals surface area contributed by atoms with Gasteiger partial charge in [-0.15, -0.1) is 0 Å². The highest BCUT2D eigenvalue weighted by Gasteiger charge is 2.27. The minimum Gasteiger partial charge on any atom is -0.326 e. The van der Waals surface area contributed by atoms with Crippen molar-refractivity contribution >= 4 is 50.7 Å². The lowest BCUT2D eigenvalue weighted by atomic mass is 9.89. The van der Waals surface area contributed by atoms with Crippen molar-refractivity contribution in [3.8, 4) is 0 Å². The molecule has 1 aliphatic heterocycles. The van der Waals surface area contributed by atoms with Crippen LogP contribution in [0.25, 0.3) is 0 Å². The number of nitrogens with zero attached hydrogens (tertiary/aromatic N) is 1. The third-order valence-corrected chi connectivity index (χ3v) is 5.26. The number of carbonyl (C=O) groups excluding carboxylic acids is 2. The number of anilines is 2. The monoisotopic (exact) mass is 420 g/mol. The van der Waals surface area contributed by atoms with E-state index in [0.717, 1.165) is 15.7 Å². The topological polar surface area (TPSA) is 49.4 Å². The predicted molar refractivity (Wildman–Crippen MR) is 104 cm³/mol. The van der Waals surface area contributed by atoms with Gasteiger partial charge in [-0.05, 0) is 42.7 Å². The maximum Gasteiger partial charge on any atom is 0.227 e. The second kappa shape index (κ2) is 7.58. The minimum atomic E-state index is -0.187. The highest BCUT2D eigenvalue weighted by atomic mass is 79.9. The number of rotatable bonds is 4. The summed E-state index contributed by atoms with van der Waals surface area (Å²) in [5.41, 5.74) is 2.64. The molecule has 130 valence electrons. The molecule has 2 aromatic rings. The SMILES string of the molecule is CN(C(=O)CCC1Cc2ccccc2NC1=O)c1ccc(Br)cc1Cl. The van der Waals surface area contributed by atoms with Gasteiger partial charge in [0, 0.05) is 29.5 Å². The van der Waals surface area contributed by atoms with Crippen molar-refractivity contribution in [2.75, 3.05) is 17.3 Å². The summed E-state index contributed by atoms with van der Waals surface area (Å²) in [7, 11) is 1.70. The van der Waals surface area contributed by atoms with E-state index in [-0.39, 0.29) is 17.7 Å². The highest BCUT2D eigenvalue weighted by Crippen LogP contribution is 2.30. The lowest BCUT2D eigenvalue weighted by Gasteiger charge is -2.25. The summed E-state index contributed by atoms with van der Waals surface area (Å²) in [4.78, 5) is 26.3. The van der Waals surface area contributed by atoms with Gasteiger partial charge < -0.3 is 10.2 Å². The van der Waals surface area contributed by atoms with Gasteiger partial charge in [-0.2, -0.15) is 0 Å². The van der Waals surface area contributed by atoms with E-state index in [1.165, 1.54) is 0 Å². The number of fused-ring (bicyclic) bond motifs is 1. The van der Waals surface area contributed by atoms with Crippen LogP contribution < -0.4 is 10.2 Å². The molecule has 1 atom stereocenters. The first-order valence-electron chi connectivity index (χ1n) is 8.06. The van der Waals surface area contributed by atoms with Crippen molar-refractivity contribution in [3.05, 3.63) is 57.5 Å². The van der Waals surface area contributed by atoms with Gasteiger partial charge in [0.2, 0.25) is 11.8 Å². The Hall–Kier alpha value is -1.85. The third-order valence-electron chi connectivity index (χ3n) is 4.46. The summed E-state index contributed by atoms with van der Waals surface area (Å²) in [5, 5.41) is 3.43. The van der Waals surface area contributed by atoms with Gasteiger partial charge in [-0.25, -0.2) is 0 Å². The number of para-hydroxylation sites is 1. The number of nitrogens with one attached hydrogen (secondary N) is 1. The molecule has 6 heteroatoms. The maximum absolute atomic E-state index is 12.5. The molecule has 0 saturated carbocycles. The van der Waals surface area contributed by atoms with E-state index in [9.17, 15) is 9.59 Å². The average molecular weight is 422 g/mol. The first kappa shape index (κ1) is 18.0. The molecule has 0 fully saturated rings. The first-order valence-corrected chi connectivity index (χ1v) is 9.23. The number of benzene rings is 2. The summed E-state index contributed by atoms with van der Waals surface area (Å²) in [5.74, 6) is -0.264. The maximum atomic E-state index is 12.5. The largest absolute Gasteiger partial charge is 0.326 e. The second-order valence-corrected chi connectivity index (χ2v) is 7.46. The van der Waals surface area contributed by atoms with Crippen LogP contribution in [0.3, 0.4) is 0 Å². The van der Waals surface area contributed by atoms with E-state index in [1.54, 1.807) is 24.1 Å². The molecule has 1 aliphatic rings. The summed E-state index contributed by atoms with van der Waals surface area (Å²) in [6.45, 7) is 0. The second-order valence-electron chi connectivity index (χ2n) is 6.13. The van der Waals surface area contributed by atoms with Gasteiger partial charge in [-0.1, -0.05) is 45.7 Å². The van der Waals surface area contributed by atoms with Crippen LogP contribution in [0.5, 0.6) is 0 Å². The van der Waals surface area contributed by atoms with E-state index in [0.29, 0.717) is 30.0 Å². The first-order chi connectivity index (χ1) is 12.0. The van der Waals surface area contributed by atoms with E-state index in [2.05, 4.69) is 21.2 Å². The van der Waals surface area contributed by atoms with Gasteiger partial charge in [-0.3, -0.25) is 9.59 Å². The van der Waals surface area contributed by atoms with E-state index in [4.69, 9.17) is 11.6 Å². The fourth-order valence-corrected chi connectivity index (χ4v) is 3.80. The van der Waals surface area contributed by atoms with Crippen LogP contribution >= 0.6 is 27.5 Å². The summed E-state index contributed by atoms with van der Waals surface area (Å²) in [6.07, 6.45) is 1.47. The Morgan fingerprint density at radius 2 is 2.08 bits per heavy atom. The zero-order valence-corrected chi connectivity index (χ0v) is 16.1. The Morgan fingerprint density at radius 1 is 1.32 bits per heavy atom. The Balaban J connectivity index is 1.63. The summed E-state index contributed by atoms with van der Waals surface area (Å²) >= 11 is 9.56. The van der Waals surface area contributed by atoms with Crippen LogP contribution in [-0.4, -0.2) is 18.9 Å². The molecule has 1 unspecified atom stereocenters. The molecule has 3 rings (SSSR count). The van der Waals surface area contributed by atoms with E-state index < -0.39 is 0 Å². The standard InChI is InChI=1S/C19H18BrClN2O2/c1-23(17-8-7-14(20)11-15(17)21)18(24)9-6-13-10-12-4-2-3-5-16(12)22-19(13)25/h2-5,7-8,11,13H,6,9-10H2,1H3,(H,22,25). The Morgan fingerprint density at radius 3 is 2.84 bits per heavy atom. The van der Waals surface area contributed by atoms with Crippen molar-refractivity contribution in [1.82, 2.24) is 0 Å². The molecular weight excluding hydrogens is 404 g/mol. The van der Waals surface area contributed by atoms with Crippen molar-refractivity contribution in [2.24, 2.45) is 5.92 Å². The zero-order valence-electron chi connectivity index (χ0n) is 13.8. The molecule has 0 aliphatic carbocycles. The quantitative estimate of drug-likeness (QED) is 0.781. The van der Waals surface area contributed by atoms with Crippen LogP contribution in [0.4, 0.5) is 11.4 Å². The van der Waals surface area contributed by atoms with Crippen LogP contribution in [0.1, 0.15) is 18.4 Å². The molecule has 0 spiro atoms. The van der Waals surface area contributed by atoms with Gasteiger partial charge in [0.1, 0.15) is 0 Å². The number of halogens is 2. The third kappa shape index (κ3) is 4.05. The number of carbonyl (C=O) groups is 2. The molecule has 0 bridgehead atoms. The Bertz CT molecular complexity index is 825. The molecule has 1 heterocycles. The van der Waals surface area contributed by atoms with Crippen LogP contribution in [-0.2, 0) is 16.0 Å². The summed E-state index contributed by atoms with van der Waals surface area (Å²) in [6, 6.07) is 13.2. The molecule has 4 nitrogen and oxygen atoms in total. The lowest BCUT2D eigenvalue weighted by molar-refractivity contribution is -0.121. The Kier molecular flexibility index (Phi) is 5.45. The smallest absolute Gasteiger partial charge is 0.227 e. The van der Waals surface area contributed by atoms with E-state index >= 15 is 0 Å². The van der Waals surface area contributed by atoms with Gasteiger partial charge in [0.25, 0.3) is 0 Å². The molecule has 0 saturated heterocycles. The molecule has 25 heavy (non-hydrogen) atoms. The molecule has 0 radical (unpaired) electrons. The van der Waals surface area contributed by atoms with Crippen LogP contribution in [0.2, 0.25) is 5.02 Å². The number of hydrogen-bond acceptors (Lipinski definition) is 2. The number of hydrogen-bond donors (Lipinski definition) is 1. The van der Waals surface area contributed by atoms with Crippen molar-refractivity contribution < 1.29 is 9.59 Å². The lowest BCUT2D eigenvalue weighted by Crippen LogP contribution is -2.32. The fraction of sp³-hybridized carbons (Fsp3) is 0.263. The van der Waals surface area contributed by atoms with Gasteiger partial charge in [0.05, 0.1) is 10.7 Å². The van der Waals surface area contributed by atoms with Crippen LogP contribution in [0, 0.1) is 5.92 Å². The van der Waals surface area contributed by atoms with Crippen molar-refractivity contribution in [2.45, 2.75) is 19.3 Å². The highest BCUT2D eigenvalue weighted by molar-refractivity contribution is 9.10.